The van der Waals surface area contributed by atoms with Gasteiger partial charge in [-0.05, 0) is 61.4 Å². The number of aliphatic hydroxyl groups is 1. The van der Waals surface area contributed by atoms with Gasteiger partial charge < -0.3 is 14.7 Å². The molecule has 0 spiro atoms. The standard InChI is InChI=1S/C21H27FN2O2.2ClH/c1-16-3-8-21(13-17(16)2)26-15-20(25)14-23-9-11-24(12-10-23)19-6-4-18(22)5-7-19;;/h3-8,13,20,25H,9-12,14-15H2,1-2H3;2*1H. The summed E-state index contributed by atoms with van der Waals surface area (Å²) in [7, 11) is 0. The molecule has 0 amide bonds. The molecule has 0 aromatic heterocycles. The van der Waals surface area contributed by atoms with Gasteiger partial charge >= 0.3 is 0 Å². The molecule has 1 aliphatic heterocycles. The molecule has 1 fully saturated rings. The number of hydrogen-bond donors (Lipinski definition) is 1. The Labute approximate surface area is 179 Å². The Hall–Kier alpha value is -1.53. The lowest BCUT2D eigenvalue weighted by Gasteiger charge is -2.36. The van der Waals surface area contributed by atoms with Crippen molar-refractivity contribution in [1.29, 1.82) is 0 Å². The summed E-state index contributed by atoms with van der Waals surface area (Å²) in [6.07, 6.45) is -0.519. The van der Waals surface area contributed by atoms with Crippen LogP contribution in [-0.4, -0.2) is 55.4 Å². The van der Waals surface area contributed by atoms with Gasteiger partial charge in [0.15, 0.2) is 0 Å². The molecule has 2 aromatic carbocycles. The third-order valence-corrected chi connectivity index (χ3v) is 4.95. The number of β-amino-alcohol motifs (C(OH)–C–C–N with tert-alkyl or cyclic N) is 1. The molecule has 2 aromatic rings. The van der Waals surface area contributed by atoms with Crippen LogP contribution in [0, 0.1) is 19.7 Å². The summed E-state index contributed by atoms with van der Waals surface area (Å²) in [4.78, 5) is 4.49. The number of anilines is 1. The minimum atomic E-state index is -0.519. The fourth-order valence-electron chi connectivity index (χ4n) is 3.19. The van der Waals surface area contributed by atoms with Gasteiger partial charge in [-0.3, -0.25) is 4.90 Å². The lowest BCUT2D eigenvalue weighted by Crippen LogP contribution is -2.49. The van der Waals surface area contributed by atoms with Crippen molar-refractivity contribution in [3.63, 3.8) is 0 Å². The Morgan fingerprint density at radius 3 is 2.21 bits per heavy atom. The second-order valence-electron chi connectivity index (χ2n) is 6.97. The molecule has 1 N–H and O–H groups in total. The summed E-state index contributed by atoms with van der Waals surface area (Å²) in [5.41, 5.74) is 3.47. The SMILES string of the molecule is Cc1ccc(OCC(O)CN2CCN(c3ccc(F)cc3)CC2)cc1C.Cl.Cl. The molecule has 28 heavy (non-hydrogen) atoms. The van der Waals surface area contributed by atoms with E-state index in [9.17, 15) is 9.50 Å². The van der Waals surface area contributed by atoms with Gasteiger partial charge in [0.05, 0.1) is 0 Å². The van der Waals surface area contributed by atoms with Crippen LogP contribution in [0.5, 0.6) is 5.75 Å². The molecule has 3 rings (SSSR count). The zero-order valence-corrected chi connectivity index (χ0v) is 17.9. The van der Waals surface area contributed by atoms with E-state index in [-0.39, 0.29) is 30.6 Å². The number of aryl methyl sites for hydroxylation is 2. The van der Waals surface area contributed by atoms with Crippen LogP contribution in [0.2, 0.25) is 0 Å². The van der Waals surface area contributed by atoms with E-state index in [2.05, 4.69) is 23.6 Å². The zero-order chi connectivity index (χ0) is 18.5. The van der Waals surface area contributed by atoms with Gasteiger partial charge in [-0.25, -0.2) is 4.39 Å². The van der Waals surface area contributed by atoms with Crippen LogP contribution in [0.4, 0.5) is 10.1 Å². The Kier molecular flexibility index (Phi) is 10.0. The van der Waals surface area contributed by atoms with Crippen molar-refractivity contribution < 1.29 is 14.2 Å². The average Bonchev–Trinajstić information content (AvgIpc) is 2.64. The quantitative estimate of drug-likeness (QED) is 0.754. The van der Waals surface area contributed by atoms with E-state index in [4.69, 9.17) is 4.74 Å². The van der Waals surface area contributed by atoms with Gasteiger partial charge in [-0.1, -0.05) is 6.07 Å². The van der Waals surface area contributed by atoms with Gasteiger partial charge in [0.1, 0.15) is 24.3 Å². The number of rotatable bonds is 6. The summed E-state index contributed by atoms with van der Waals surface area (Å²) >= 11 is 0. The van der Waals surface area contributed by atoms with Crippen molar-refractivity contribution >= 4 is 30.5 Å². The van der Waals surface area contributed by atoms with E-state index in [1.54, 1.807) is 0 Å². The molecule has 1 aliphatic rings. The first-order valence-corrected chi connectivity index (χ1v) is 9.12. The first kappa shape index (κ1) is 24.5. The van der Waals surface area contributed by atoms with Crippen LogP contribution in [0.25, 0.3) is 0 Å². The Morgan fingerprint density at radius 2 is 1.61 bits per heavy atom. The lowest BCUT2D eigenvalue weighted by atomic mass is 10.1. The van der Waals surface area contributed by atoms with Crippen molar-refractivity contribution in [3.05, 3.63) is 59.4 Å². The summed E-state index contributed by atoms with van der Waals surface area (Å²) < 4.78 is 18.8. The summed E-state index contributed by atoms with van der Waals surface area (Å²) in [6.45, 7) is 8.50. The third-order valence-electron chi connectivity index (χ3n) is 4.95. The minimum absolute atomic E-state index is 0. The van der Waals surface area contributed by atoms with Crippen LogP contribution in [-0.2, 0) is 0 Å². The molecule has 0 bridgehead atoms. The molecule has 156 valence electrons. The number of halogens is 3. The van der Waals surface area contributed by atoms with E-state index in [0.717, 1.165) is 37.6 Å². The Balaban J connectivity index is 0.00000196. The average molecular weight is 431 g/mol. The first-order valence-electron chi connectivity index (χ1n) is 9.12. The van der Waals surface area contributed by atoms with Crippen LogP contribution >= 0.6 is 24.8 Å². The van der Waals surface area contributed by atoms with E-state index in [1.807, 2.05) is 30.3 Å². The van der Waals surface area contributed by atoms with E-state index in [0.29, 0.717) is 13.2 Å². The lowest BCUT2D eigenvalue weighted by molar-refractivity contribution is 0.0663. The molecule has 0 radical (unpaired) electrons. The minimum Gasteiger partial charge on any atom is -0.491 e. The molecule has 1 saturated heterocycles. The van der Waals surface area contributed by atoms with Gasteiger partial charge in [-0.2, -0.15) is 0 Å². The number of benzene rings is 2. The van der Waals surface area contributed by atoms with Gasteiger partial charge in [0.2, 0.25) is 0 Å². The highest BCUT2D eigenvalue weighted by Gasteiger charge is 2.19. The monoisotopic (exact) mass is 430 g/mol. The smallest absolute Gasteiger partial charge is 0.123 e. The maximum Gasteiger partial charge on any atom is 0.123 e. The largest absolute Gasteiger partial charge is 0.491 e. The predicted molar refractivity (Wildman–Crippen MR) is 117 cm³/mol. The summed E-state index contributed by atoms with van der Waals surface area (Å²) in [6, 6.07) is 12.6. The zero-order valence-electron chi connectivity index (χ0n) is 16.3. The molecular weight excluding hydrogens is 402 g/mol. The molecule has 0 saturated carbocycles. The number of piperazine rings is 1. The predicted octanol–water partition coefficient (Wildman–Crippen LogP) is 3.85. The molecule has 4 nitrogen and oxygen atoms in total. The second kappa shape index (κ2) is 11.5. The van der Waals surface area contributed by atoms with Crippen LogP contribution in [0.15, 0.2) is 42.5 Å². The van der Waals surface area contributed by atoms with Crippen molar-refractivity contribution in [2.45, 2.75) is 20.0 Å². The normalized spacial score (nSPS) is 15.4. The van der Waals surface area contributed by atoms with Crippen molar-refractivity contribution in [2.75, 3.05) is 44.2 Å². The van der Waals surface area contributed by atoms with Crippen molar-refractivity contribution in [3.8, 4) is 5.75 Å². The summed E-state index contributed by atoms with van der Waals surface area (Å²) in [5.74, 6) is 0.590. The number of ether oxygens (including phenoxy) is 1. The number of nitrogens with zero attached hydrogens (tertiary/aromatic N) is 2. The Bertz CT molecular complexity index is 723. The fraction of sp³-hybridized carbons (Fsp3) is 0.429. The maximum atomic E-state index is 13.0. The van der Waals surface area contributed by atoms with Gasteiger partial charge in [-0.15, -0.1) is 24.8 Å². The van der Waals surface area contributed by atoms with E-state index in [1.165, 1.54) is 23.3 Å². The molecule has 7 heteroatoms. The second-order valence-corrected chi connectivity index (χ2v) is 6.97. The van der Waals surface area contributed by atoms with Crippen molar-refractivity contribution in [1.82, 2.24) is 4.90 Å². The summed E-state index contributed by atoms with van der Waals surface area (Å²) in [5, 5.41) is 10.3. The highest BCUT2D eigenvalue weighted by atomic mass is 35.5. The van der Waals surface area contributed by atoms with Crippen LogP contribution < -0.4 is 9.64 Å². The molecular formula is C21H29Cl2FN2O2. The van der Waals surface area contributed by atoms with Crippen LogP contribution in [0.1, 0.15) is 11.1 Å². The number of hydrogen-bond acceptors (Lipinski definition) is 4. The van der Waals surface area contributed by atoms with E-state index >= 15 is 0 Å². The van der Waals surface area contributed by atoms with E-state index < -0.39 is 6.10 Å². The van der Waals surface area contributed by atoms with Crippen molar-refractivity contribution in [2.24, 2.45) is 0 Å². The fourth-order valence-corrected chi connectivity index (χ4v) is 3.19. The van der Waals surface area contributed by atoms with Gasteiger partial charge in [0.25, 0.3) is 0 Å². The Morgan fingerprint density at radius 1 is 0.964 bits per heavy atom. The molecule has 1 heterocycles. The first-order chi connectivity index (χ1) is 12.5. The molecule has 1 atom stereocenters. The highest BCUT2D eigenvalue weighted by molar-refractivity contribution is 5.85. The van der Waals surface area contributed by atoms with Gasteiger partial charge in [0, 0.05) is 38.4 Å². The third kappa shape index (κ3) is 6.82. The topological polar surface area (TPSA) is 35.9 Å². The molecule has 1 unspecified atom stereocenters. The maximum absolute atomic E-state index is 13.0. The highest BCUT2D eigenvalue weighted by Crippen LogP contribution is 2.18. The number of aliphatic hydroxyl groups excluding tert-OH is 1. The molecule has 0 aliphatic carbocycles. The van der Waals surface area contributed by atoms with Crippen LogP contribution in [0.3, 0.4) is 0 Å².